The van der Waals surface area contributed by atoms with Gasteiger partial charge in [0.05, 0.1) is 25.3 Å². The number of hydrogen-bond acceptors (Lipinski definition) is 7. The molecular formula is C22H25N7O3. The van der Waals surface area contributed by atoms with Gasteiger partial charge in [0.25, 0.3) is 5.91 Å². The van der Waals surface area contributed by atoms with Crippen molar-refractivity contribution < 1.29 is 14.3 Å². The second-order valence-corrected chi connectivity index (χ2v) is 8.73. The number of rotatable bonds is 6. The molecule has 1 atom stereocenters. The van der Waals surface area contributed by atoms with Crippen LogP contribution in [0.25, 0.3) is 0 Å². The zero-order valence-electron chi connectivity index (χ0n) is 18.1. The lowest BCUT2D eigenvalue weighted by Gasteiger charge is -2.34. The Hall–Kier alpha value is -3.45. The average molecular weight is 435 g/mol. The van der Waals surface area contributed by atoms with Crippen molar-refractivity contribution in [2.45, 2.75) is 25.3 Å². The third-order valence-electron chi connectivity index (χ3n) is 6.73. The second kappa shape index (κ2) is 7.60. The maximum atomic E-state index is 13.1. The molecule has 1 saturated carbocycles. The lowest BCUT2D eigenvalue weighted by molar-refractivity contribution is -0.123. The summed E-state index contributed by atoms with van der Waals surface area (Å²) in [6.07, 6.45) is 4.07. The standard InChI is InChI=1S/C22H25N7O3/c1-27(16-11-32-12-16)20(30)17-10-19(26-28(17)2)25-18-9-15(5-7-24-18)29-8-6-22(13-23,21(29)31)14-3-4-14/h5,7,9-10,14,16H,3-4,6,8,11-12H2,1-2H3,(H,24,25,26)/t22-/m1/s1. The minimum absolute atomic E-state index is 0.0846. The Kier molecular flexibility index (Phi) is 4.86. The molecule has 0 unspecified atom stereocenters. The summed E-state index contributed by atoms with van der Waals surface area (Å²) in [6, 6.07) is 7.62. The van der Waals surface area contributed by atoms with Crippen LogP contribution in [0.5, 0.6) is 0 Å². The first-order valence-electron chi connectivity index (χ1n) is 10.8. The van der Waals surface area contributed by atoms with Crippen LogP contribution < -0.4 is 10.2 Å². The Morgan fingerprint density at radius 2 is 2.12 bits per heavy atom. The first-order chi connectivity index (χ1) is 15.4. The molecular weight excluding hydrogens is 410 g/mol. The minimum Gasteiger partial charge on any atom is -0.377 e. The fourth-order valence-corrected chi connectivity index (χ4v) is 4.44. The predicted octanol–water partition coefficient (Wildman–Crippen LogP) is 1.69. The Balaban J connectivity index is 1.32. The van der Waals surface area contributed by atoms with Crippen molar-refractivity contribution in [3.05, 3.63) is 30.1 Å². The van der Waals surface area contributed by atoms with Crippen LogP contribution in [0.15, 0.2) is 24.4 Å². The van der Waals surface area contributed by atoms with Crippen LogP contribution in [0.1, 0.15) is 29.8 Å². The number of carbonyl (C=O) groups excluding carboxylic acids is 2. The van der Waals surface area contributed by atoms with Crippen molar-refractivity contribution in [3.63, 3.8) is 0 Å². The fourth-order valence-electron chi connectivity index (χ4n) is 4.44. The Labute approximate surface area is 185 Å². The Bertz CT molecular complexity index is 1110. The van der Waals surface area contributed by atoms with Crippen molar-refractivity contribution in [2.75, 3.05) is 37.0 Å². The van der Waals surface area contributed by atoms with Crippen molar-refractivity contribution in [2.24, 2.45) is 18.4 Å². The first kappa shape index (κ1) is 20.5. The van der Waals surface area contributed by atoms with Crippen molar-refractivity contribution in [1.29, 1.82) is 5.26 Å². The van der Waals surface area contributed by atoms with Gasteiger partial charge in [0.15, 0.2) is 5.82 Å². The Morgan fingerprint density at radius 3 is 2.78 bits per heavy atom. The van der Waals surface area contributed by atoms with Gasteiger partial charge in [0, 0.05) is 44.7 Å². The van der Waals surface area contributed by atoms with Crippen LogP contribution in [-0.2, 0) is 16.6 Å². The van der Waals surface area contributed by atoms with Crippen LogP contribution >= 0.6 is 0 Å². The summed E-state index contributed by atoms with van der Waals surface area (Å²) in [5, 5.41) is 17.2. The van der Waals surface area contributed by atoms with E-state index >= 15 is 0 Å². The van der Waals surface area contributed by atoms with E-state index in [1.165, 1.54) is 4.68 Å². The number of ether oxygens (including phenoxy) is 1. The lowest BCUT2D eigenvalue weighted by atomic mass is 9.83. The molecule has 2 aliphatic heterocycles. The quantitative estimate of drug-likeness (QED) is 0.734. The first-order valence-corrected chi connectivity index (χ1v) is 10.8. The van der Waals surface area contributed by atoms with Gasteiger partial charge in [-0.3, -0.25) is 14.3 Å². The molecule has 2 aromatic rings. The van der Waals surface area contributed by atoms with Crippen LogP contribution in [0.2, 0.25) is 0 Å². The zero-order valence-corrected chi connectivity index (χ0v) is 18.1. The molecule has 2 saturated heterocycles. The van der Waals surface area contributed by atoms with Crippen LogP contribution in [-0.4, -0.2) is 64.3 Å². The number of nitrogens with one attached hydrogen (secondary N) is 1. The molecule has 3 fully saturated rings. The van der Waals surface area contributed by atoms with Crippen LogP contribution in [0, 0.1) is 22.7 Å². The summed E-state index contributed by atoms with van der Waals surface area (Å²) in [5.74, 6) is 0.926. The Morgan fingerprint density at radius 1 is 1.34 bits per heavy atom. The molecule has 2 amide bonds. The number of amides is 2. The maximum Gasteiger partial charge on any atom is 0.272 e. The van der Waals surface area contributed by atoms with Crippen LogP contribution in [0.3, 0.4) is 0 Å². The summed E-state index contributed by atoms with van der Waals surface area (Å²) < 4.78 is 6.70. The number of nitrogens with zero attached hydrogens (tertiary/aromatic N) is 6. The van der Waals surface area contributed by atoms with Crippen molar-refractivity contribution >= 4 is 29.1 Å². The van der Waals surface area contributed by atoms with E-state index in [4.69, 9.17) is 4.74 Å². The summed E-state index contributed by atoms with van der Waals surface area (Å²) >= 11 is 0. The number of anilines is 3. The van der Waals surface area contributed by atoms with Gasteiger partial charge in [-0.2, -0.15) is 10.4 Å². The third kappa shape index (κ3) is 3.29. The van der Waals surface area contributed by atoms with Gasteiger partial charge in [-0.05, 0) is 31.2 Å². The zero-order chi connectivity index (χ0) is 22.5. The molecule has 1 aliphatic carbocycles. The molecule has 166 valence electrons. The predicted molar refractivity (Wildman–Crippen MR) is 115 cm³/mol. The molecule has 10 heteroatoms. The summed E-state index contributed by atoms with van der Waals surface area (Å²) in [6.45, 7) is 1.61. The third-order valence-corrected chi connectivity index (χ3v) is 6.73. The number of likely N-dealkylation sites (N-methyl/N-ethyl adjacent to an activating group) is 1. The van der Waals surface area contributed by atoms with E-state index in [1.54, 1.807) is 48.3 Å². The van der Waals surface area contributed by atoms with E-state index in [2.05, 4.69) is 21.5 Å². The summed E-state index contributed by atoms with van der Waals surface area (Å²) in [5.41, 5.74) is 0.267. The van der Waals surface area contributed by atoms with Gasteiger partial charge >= 0.3 is 0 Å². The highest BCUT2D eigenvalue weighted by atomic mass is 16.5. The van der Waals surface area contributed by atoms with E-state index in [1.807, 2.05) is 0 Å². The molecule has 0 bridgehead atoms. The highest BCUT2D eigenvalue weighted by Gasteiger charge is 2.56. The molecule has 1 N–H and O–H groups in total. The molecule has 3 aliphatic rings. The van der Waals surface area contributed by atoms with E-state index in [9.17, 15) is 14.9 Å². The lowest BCUT2D eigenvalue weighted by Crippen LogP contribution is -2.49. The number of aromatic nitrogens is 3. The van der Waals surface area contributed by atoms with Gasteiger partial charge < -0.3 is 19.9 Å². The molecule has 0 radical (unpaired) electrons. The van der Waals surface area contributed by atoms with Gasteiger partial charge in [0.1, 0.15) is 16.9 Å². The SMILES string of the molecule is CN(C(=O)c1cc(Nc2cc(N3CC[C@@](C#N)(C4CC4)C3=O)ccn2)nn1C)C1COC1. The number of carbonyl (C=O) groups is 2. The molecule has 10 nitrogen and oxygen atoms in total. The number of nitriles is 1. The van der Waals surface area contributed by atoms with Gasteiger partial charge in [-0.25, -0.2) is 4.98 Å². The molecule has 32 heavy (non-hydrogen) atoms. The van der Waals surface area contributed by atoms with E-state index in [-0.39, 0.29) is 23.8 Å². The second-order valence-electron chi connectivity index (χ2n) is 8.73. The fraction of sp³-hybridized carbons (Fsp3) is 0.500. The largest absolute Gasteiger partial charge is 0.377 e. The highest BCUT2D eigenvalue weighted by molar-refractivity contribution is 6.02. The van der Waals surface area contributed by atoms with E-state index in [0.717, 1.165) is 12.8 Å². The summed E-state index contributed by atoms with van der Waals surface area (Å²) in [4.78, 5) is 33.5. The van der Waals surface area contributed by atoms with Crippen molar-refractivity contribution in [3.8, 4) is 6.07 Å². The monoisotopic (exact) mass is 435 g/mol. The number of aryl methyl sites for hydroxylation is 1. The number of pyridine rings is 1. The number of hydrogen-bond donors (Lipinski definition) is 1. The van der Waals surface area contributed by atoms with Crippen molar-refractivity contribution in [1.82, 2.24) is 19.7 Å². The molecule has 0 aromatic carbocycles. The summed E-state index contributed by atoms with van der Waals surface area (Å²) in [7, 11) is 3.48. The van der Waals surface area contributed by atoms with E-state index < -0.39 is 5.41 Å². The topological polar surface area (TPSA) is 116 Å². The maximum absolute atomic E-state index is 13.1. The molecule has 2 aromatic heterocycles. The van der Waals surface area contributed by atoms with Crippen LogP contribution in [0.4, 0.5) is 17.3 Å². The van der Waals surface area contributed by atoms with E-state index in [0.29, 0.717) is 49.2 Å². The minimum atomic E-state index is -0.884. The highest BCUT2D eigenvalue weighted by Crippen LogP contribution is 2.51. The molecule has 5 rings (SSSR count). The van der Waals surface area contributed by atoms with Gasteiger partial charge in [-0.1, -0.05) is 0 Å². The molecule has 0 spiro atoms. The van der Waals surface area contributed by atoms with Gasteiger partial charge in [0.2, 0.25) is 5.91 Å². The van der Waals surface area contributed by atoms with Gasteiger partial charge in [-0.15, -0.1) is 0 Å². The smallest absolute Gasteiger partial charge is 0.272 e. The average Bonchev–Trinajstić information content (AvgIpc) is 3.45. The normalized spacial score (nSPS) is 23.0. The molecule has 4 heterocycles.